The molecular weight excluding hydrogens is 318 g/mol. The third-order valence-electron chi connectivity index (χ3n) is 5.29. The molecule has 1 aromatic heterocycles. The van der Waals surface area contributed by atoms with Crippen LogP contribution < -0.4 is 9.47 Å². The van der Waals surface area contributed by atoms with Crippen LogP contribution in [0.2, 0.25) is 0 Å². The highest BCUT2D eigenvalue weighted by Gasteiger charge is 2.46. The van der Waals surface area contributed by atoms with E-state index in [1.807, 2.05) is 36.5 Å². The second kappa shape index (κ2) is 6.10. The Bertz CT molecular complexity index is 814. The lowest BCUT2D eigenvalue weighted by molar-refractivity contribution is -0.133. The van der Waals surface area contributed by atoms with Crippen LogP contribution in [0.1, 0.15) is 29.0 Å². The number of hydrogen-bond donors (Lipinski definition) is 0. The molecule has 6 nitrogen and oxygen atoms in total. The smallest absolute Gasteiger partial charge is 0.226 e. The number of methoxy groups -OCH3 is 2. The second-order valence-corrected chi connectivity index (χ2v) is 6.88. The van der Waals surface area contributed by atoms with E-state index >= 15 is 0 Å². The van der Waals surface area contributed by atoms with Crippen molar-refractivity contribution < 1.29 is 14.3 Å². The topological polar surface area (TPSA) is 56.6 Å². The number of fused-ring (bicyclic) bond motifs is 1. The zero-order valence-electron chi connectivity index (χ0n) is 14.9. The van der Waals surface area contributed by atoms with E-state index < -0.39 is 0 Å². The van der Waals surface area contributed by atoms with Gasteiger partial charge in [0.05, 0.1) is 20.4 Å². The maximum atomic E-state index is 12.9. The first-order valence-corrected chi connectivity index (χ1v) is 8.61. The SMILES string of the molecule is COc1cc2c(cc1OC)CN(C(=O)[C@@H]1C[C@@H]1c1cnn(C)c1)CC2. The van der Waals surface area contributed by atoms with Crippen molar-refractivity contribution in [1.82, 2.24) is 14.7 Å². The molecule has 1 aliphatic carbocycles. The van der Waals surface area contributed by atoms with E-state index in [2.05, 4.69) is 5.10 Å². The molecule has 1 aromatic carbocycles. The normalized spacial score (nSPS) is 21.6. The molecule has 25 heavy (non-hydrogen) atoms. The minimum atomic E-state index is 0.103. The van der Waals surface area contributed by atoms with Crippen LogP contribution >= 0.6 is 0 Å². The summed E-state index contributed by atoms with van der Waals surface area (Å²) in [4.78, 5) is 14.9. The van der Waals surface area contributed by atoms with E-state index in [9.17, 15) is 4.79 Å². The van der Waals surface area contributed by atoms with E-state index in [-0.39, 0.29) is 11.8 Å². The number of ether oxygens (including phenoxy) is 2. The van der Waals surface area contributed by atoms with Crippen molar-refractivity contribution in [3.8, 4) is 11.5 Å². The van der Waals surface area contributed by atoms with E-state index in [0.717, 1.165) is 36.4 Å². The average molecular weight is 341 g/mol. The number of amides is 1. The highest BCUT2D eigenvalue weighted by Crippen LogP contribution is 2.48. The fourth-order valence-corrected chi connectivity index (χ4v) is 3.77. The summed E-state index contributed by atoms with van der Waals surface area (Å²) >= 11 is 0. The van der Waals surface area contributed by atoms with E-state index in [0.29, 0.717) is 12.5 Å². The minimum Gasteiger partial charge on any atom is -0.493 e. The Kier molecular flexibility index (Phi) is 3.90. The first-order chi connectivity index (χ1) is 12.1. The standard InChI is InChI=1S/C19H23N3O3/c1-21-10-14(9-20-21)15-8-16(15)19(23)22-5-4-12-6-17(24-2)18(25-3)7-13(12)11-22/h6-7,9-10,15-16H,4-5,8,11H2,1-3H3/t15-,16-/m1/s1. The van der Waals surface area contributed by atoms with Gasteiger partial charge in [-0.25, -0.2) is 0 Å². The van der Waals surface area contributed by atoms with Crippen molar-refractivity contribution >= 4 is 5.91 Å². The van der Waals surface area contributed by atoms with Crippen LogP contribution in [0.25, 0.3) is 0 Å². The number of aromatic nitrogens is 2. The number of rotatable bonds is 4. The summed E-state index contributed by atoms with van der Waals surface area (Å²) in [6, 6.07) is 4.03. The molecule has 1 amide bonds. The van der Waals surface area contributed by atoms with Crippen LogP contribution in [0.15, 0.2) is 24.5 Å². The summed E-state index contributed by atoms with van der Waals surface area (Å²) in [6.07, 6.45) is 5.67. The third kappa shape index (κ3) is 2.86. The number of aryl methyl sites for hydroxylation is 1. The van der Waals surface area contributed by atoms with Gasteiger partial charge in [-0.3, -0.25) is 9.48 Å². The Morgan fingerprint density at radius 2 is 1.92 bits per heavy atom. The summed E-state index contributed by atoms with van der Waals surface area (Å²) in [6.45, 7) is 1.41. The van der Waals surface area contributed by atoms with Crippen LogP contribution in [0.4, 0.5) is 0 Å². The summed E-state index contributed by atoms with van der Waals surface area (Å²) in [7, 11) is 5.19. The first-order valence-electron chi connectivity index (χ1n) is 8.61. The summed E-state index contributed by atoms with van der Waals surface area (Å²) < 4.78 is 12.6. The predicted octanol–water partition coefficient (Wildman–Crippen LogP) is 2.13. The molecule has 0 N–H and O–H groups in total. The van der Waals surface area contributed by atoms with Crippen molar-refractivity contribution in [1.29, 1.82) is 0 Å². The van der Waals surface area contributed by atoms with Gasteiger partial charge in [0.1, 0.15) is 0 Å². The minimum absolute atomic E-state index is 0.103. The number of hydrogen-bond acceptors (Lipinski definition) is 4. The molecule has 1 fully saturated rings. The quantitative estimate of drug-likeness (QED) is 0.855. The van der Waals surface area contributed by atoms with Crippen molar-refractivity contribution in [2.24, 2.45) is 13.0 Å². The van der Waals surface area contributed by atoms with Crippen molar-refractivity contribution in [2.45, 2.75) is 25.3 Å². The molecule has 6 heteroatoms. The lowest BCUT2D eigenvalue weighted by atomic mass is 9.98. The molecule has 1 saturated carbocycles. The Morgan fingerprint density at radius 3 is 2.56 bits per heavy atom. The van der Waals surface area contributed by atoms with Gasteiger partial charge in [0.2, 0.25) is 5.91 Å². The highest BCUT2D eigenvalue weighted by atomic mass is 16.5. The molecule has 4 rings (SSSR count). The molecule has 0 bridgehead atoms. The van der Waals surface area contributed by atoms with Gasteiger partial charge in [-0.1, -0.05) is 0 Å². The Hall–Kier alpha value is -2.50. The van der Waals surface area contributed by atoms with E-state index in [4.69, 9.17) is 9.47 Å². The second-order valence-electron chi connectivity index (χ2n) is 6.88. The molecule has 2 aliphatic rings. The first kappa shape index (κ1) is 16.0. The van der Waals surface area contributed by atoms with Gasteiger partial charge in [0.25, 0.3) is 0 Å². The molecule has 0 radical (unpaired) electrons. The molecule has 0 spiro atoms. The highest BCUT2D eigenvalue weighted by molar-refractivity contribution is 5.83. The van der Waals surface area contributed by atoms with Crippen LogP contribution in [0.5, 0.6) is 11.5 Å². The number of carbonyl (C=O) groups is 1. The van der Waals surface area contributed by atoms with Gasteiger partial charge >= 0.3 is 0 Å². The zero-order chi connectivity index (χ0) is 17.6. The molecule has 0 unspecified atom stereocenters. The van der Waals surface area contributed by atoms with Crippen molar-refractivity contribution in [3.05, 3.63) is 41.2 Å². The number of carbonyl (C=O) groups excluding carboxylic acids is 1. The van der Waals surface area contributed by atoms with Gasteiger partial charge in [0.15, 0.2) is 11.5 Å². The number of benzene rings is 1. The maximum absolute atomic E-state index is 12.9. The van der Waals surface area contributed by atoms with Crippen LogP contribution in [0, 0.1) is 5.92 Å². The van der Waals surface area contributed by atoms with Crippen LogP contribution in [0.3, 0.4) is 0 Å². The fourth-order valence-electron chi connectivity index (χ4n) is 3.77. The van der Waals surface area contributed by atoms with Gasteiger partial charge in [-0.2, -0.15) is 5.10 Å². The largest absolute Gasteiger partial charge is 0.493 e. The Morgan fingerprint density at radius 1 is 1.20 bits per heavy atom. The third-order valence-corrected chi connectivity index (χ3v) is 5.29. The molecule has 0 saturated heterocycles. The molecule has 2 heterocycles. The monoisotopic (exact) mass is 341 g/mol. The van der Waals surface area contributed by atoms with Gasteiger partial charge in [-0.05, 0) is 47.6 Å². The lowest BCUT2D eigenvalue weighted by Gasteiger charge is -2.30. The Balaban J connectivity index is 1.48. The van der Waals surface area contributed by atoms with Gasteiger partial charge in [0, 0.05) is 32.3 Å². The summed E-state index contributed by atoms with van der Waals surface area (Å²) in [5.74, 6) is 2.16. The van der Waals surface area contributed by atoms with Gasteiger partial charge < -0.3 is 14.4 Å². The summed E-state index contributed by atoms with van der Waals surface area (Å²) in [5, 5.41) is 4.22. The Labute approximate surface area is 147 Å². The molecule has 2 atom stereocenters. The fraction of sp³-hybridized carbons (Fsp3) is 0.474. The van der Waals surface area contributed by atoms with Crippen LogP contribution in [-0.2, 0) is 24.8 Å². The average Bonchev–Trinajstić information content (AvgIpc) is 3.32. The zero-order valence-corrected chi connectivity index (χ0v) is 14.9. The van der Waals surface area contributed by atoms with Gasteiger partial charge in [-0.15, -0.1) is 0 Å². The molecule has 1 aliphatic heterocycles. The van der Waals surface area contributed by atoms with Crippen LogP contribution in [-0.4, -0.2) is 41.4 Å². The number of nitrogens with zero attached hydrogens (tertiary/aromatic N) is 3. The molecular formula is C19H23N3O3. The van der Waals surface area contributed by atoms with Crippen molar-refractivity contribution in [3.63, 3.8) is 0 Å². The summed E-state index contributed by atoms with van der Waals surface area (Å²) in [5.41, 5.74) is 3.56. The molecule has 2 aromatic rings. The lowest BCUT2D eigenvalue weighted by Crippen LogP contribution is -2.37. The van der Waals surface area contributed by atoms with E-state index in [1.54, 1.807) is 18.9 Å². The van der Waals surface area contributed by atoms with Crippen molar-refractivity contribution in [2.75, 3.05) is 20.8 Å². The molecule has 132 valence electrons. The maximum Gasteiger partial charge on any atom is 0.226 e. The van der Waals surface area contributed by atoms with E-state index in [1.165, 1.54) is 11.1 Å². The predicted molar refractivity (Wildman–Crippen MR) is 92.7 cm³/mol.